The zero-order valence-corrected chi connectivity index (χ0v) is 5.99. The second-order valence-corrected chi connectivity index (χ2v) is 2.32. The SMILES string of the molecule is Cl.O=C(O)C1CCCC1. The molecule has 2 nitrogen and oxygen atoms in total. The number of carboxylic acid groups (broad SMARTS) is 1. The Morgan fingerprint density at radius 2 is 1.78 bits per heavy atom. The Morgan fingerprint density at radius 1 is 1.33 bits per heavy atom. The summed E-state index contributed by atoms with van der Waals surface area (Å²) in [5, 5.41) is 8.41. The zero-order valence-electron chi connectivity index (χ0n) is 5.17. The Kier molecular flexibility index (Phi) is 3.62. The van der Waals surface area contributed by atoms with Crippen LogP contribution in [0.4, 0.5) is 0 Å². The lowest BCUT2D eigenvalue weighted by Crippen LogP contribution is -2.07. The zero-order chi connectivity index (χ0) is 5.98. The molecule has 1 aliphatic rings. The van der Waals surface area contributed by atoms with Crippen LogP contribution in [0.1, 0.15) is 25.7 Å². The van der Waals surface area contributed by atoms with Crippen molar-refractivity contribution in [2.24, 2.45) is 5.92 Å². The second kappa shape index (κ2) is 3.72. The van der Waals surface area contributed by atoms with Crippen LogP contribution in [0.5, 0.6) is 0 Å². The fourth-order valence-corrected chi connectivity index (χ4v) is 1.17. The minimum atomic E-state index is -0.609. The van der Waals surface area contributed by atoms with Gasteiger partial charge < -0.3 is 5.11 Å². The summed E-state index contributed by atoms with van der Waals surface area (Å²) in [5.41, 5.74) is 0. The van der Waals surface area contributed by atoms with Gasteiger partial charge in [-0.1, -0.05) is 12.8 Å². The summed E-state index contributed by atoms with van der Waals surface area (Å²) in [7, 11) is 0. The highest BCUT2D eigenvalue weighted by atomic mass is 35.5. The molecule has 0 unspecified atom stereocenters. The summed E-state index contributed by atoms with van der Waals surface area (Å²) in [4.78, 5) is 10.2. The van der Waals surface area contributed by atoms with Crippen molar-refractivity contribution in [3.8, 4) is 0 Å². The molecule has 0 aromatic carbocycles. The number of carboxylic acids is 1. The van der Waals surface area contributed by atoms with Gasteiger partial charge in [0.1, 0.15) is 0 Å². The van der Waals surface area contributed by atoms with E-state index in [1.165, 1.54) is 0 Å². The van der Waals surface area contributed by atoms with Crippen LogP contribution in [0.25, 0.3) is 0 Å². The molecule has 1 saturated carbocycles. The van der Waals surface area contributed by atoms with Crippen molar-refractivity contribution in [1.82, 2.24) is 0 Å². The molecule has 0 atom stereocenters. The van der Waals surface area contributed by atoms with Gasteiger partial charge in [-0.05, 0) is 12.8 Å². The maximum atomic E-state index is 10.2. The van der Waals surface area contributed by atoms with Gasteiger partial charge in [0.25, 0.3) is 0 Å². The molecule has 1 fully saturated rings. The lowest BCUT2D eigenvalue weighted by Gasteiger charge is -1.97. The quantitative estimate of drug-likeness (QED) is 0.618. The largest absolute Gasteiger partial charge is 0.481 e. The molecule has 0 aromatic rings. The van der Waals surface area contributed by atoms with E-state index in [1.54, 1.807) is 0 Å². The normalized spacial score (nSPS) is 19.1. The van der Waals surface area contributed by atoms with Gasteiger partial charge in [0, 0.05) is 0 Å². The molecule has 1 rings (SSSR count). The van der Waals surface area contributed by atoms with Crippen molar-refractivity contribution in [2.75, 3.05) is 0 Å². The molecule has 0 aromatic heterocycles. The van der Waals surface area contributed by atoms with Crippen LogP contribution in [-0.2, 0) is 4.79 Å². The molecule has 0 amide bonds. The molecule has 1 N–H and O–H groups in total. The third-order valence-corrected chi connectivity index (χ3v) is 1.70. The molecule has 0 bridgehead atoms. The van der Waals surface area contributed by atoms with Crippen LogP contribution in [-0.4, -0.2) is 11.1 Å². The van der Waals surface area contributed by atoms with Crippen LogP contribution in [0, 0.1) is 5.92 Å². The maximum absolute atomic E-state index is 10.2. The van der Waals surface area contributed by atoms with Crippen LogP contribution in [0.2, 0.25) is 0 Å². The molecular weight excluding hydrogens is 140 g/mol. The Hall–Kier alpha value is -0.240. The van der Waals surface area contributed by atoms with E-state index < -0.39 is 5.97 Å². The first-order chi connectivity index (χ1) is 3.80. The first-order valence-electron chi connectivity index (χ1n) is 3.03. The number of hydrogen-bond acceptors (Lipinski definition) is 1. The third kappa shape index (κ3) is 2.22. The Balaban J connectivity index is 0.000000640. The highest BCUT2D eigenvalue weighted by molar-refractivity contribution is 5.85. The minimum Gasteiger partial charge on any atom is -0.481 e. The molecule has 3 heteroatoms. The van der Waals surface area contributed by atoms with E-state index in [0.29, 0.717) is 0 Å². The summed E-state index contributed by atoms with van der Waals surface area (Å²) in [5.74, 6) is -0.627. The van der Waals surface area contributed by atoms with E-state index >= 15 is 0 Å². The molecule has 0 aliphatic heterocycles. The van der Waals surface area contributed by atoms with E-state index in [1.807, 2.05) is 0 Å². The summed E-state index contributed by atoms with van der Waals surface area (Å²) in [6.07, 6.45) is 4.01. The van der Waals surface area contributed by atoms with Crippen molar-refractivity contribution in [3.63, 3.8) is 0 Å². The Bertz CT molecular complexity index is 97.2. The molecular formula is C6H11ClO2. The van der Waals surface area contributed by atoms with Crippen LogP contribution in [0.3, 0.4) is 0 Å². The predicted molar refractivity (Wildman–Crippen MR) is 36.8 cm³/mol. The van der Waals surface area contributed by atoms with Gasteiger partial charge in [0.05, 0.1) is 5.92 Å². The number of aliphatic carboxylic acids is 1. The summed E-state index contributed by atoms with van der Waals surface area (Å²) >= 11 is 0. The van der Waals surface area contributed by atoms with Crippen molar-refractivity contribution in [3.05, 3.63) is 0 Å². The average Bonchev–Trinajstić information content (AvgIpc) is 2.12. The van der Waals surface area contributed by atoms with E-state index in [9.17, 15) is 4.79 Å². The van der Waals surface area contributed by atoms with E-state index in [-0.39, 0.29) is 18.3 Å². The molecule has 0 radical (unpaired) electrons. The van der Waals surface area contributed by atoms with E-state index in [4.69, 9.17) is 5.11 Å². The van der Waals surface area contributed by atoms with Crippen molar-refractivity contribution in [1.29, 1.82) is 0 Å². The smallest absolute Gasteiger partial charge is 0.306 e. The molecule has 1 aliphatic carbocycles. The van der Waals surface area contributed by atoms with Gasteiger partial charge in [0.15, 0.2) is 0 Å². The van der Waals surface area contributed by atoms with Gasteiger partial charge in [-0.2, -0.15) is 0 Å². The number of halogens is 1. The fraction of sp³-hybridized carbons (Fsp3) is 0.833. The predicted octanol–water partition coefficient (Wildman–Crippen LogP) is 1.68. The maximum Gasteiger partial charge on any atom is 0.306 e. The van der Waals surface area contributed by atoms with Crippen LogP contribution < -0.4 is 0 Å². The van der Waals surface area contributed by atoms with Crippen LogP contribution >= 0.6 is 12.4 Å². The van der Waals surface area contributed by atoms with Crippen molar-refractivity contribution < 1.29 is 9.90 Å². The molecule has 0 spiro atoms. The first-order valence-corrected chi connectivity index (χ1v) is 3.03. The standard InChI is InChI=1S/C6H10O2.ClH/c7-6(8)5-3-1-2-4-5;/h5H,1-4H2,(H,7,8);1H. The lowest BCUT2D eigenvalue weighted by molar-refractivity contribution is -0.141. The van der Waals surface area contributed by atoms with Gasteiger partial charge in [-0.3, -0.25) is 4.79 Å². The summed E-state index contributed by atoms with van der Waals surface area (Å²) in [6, 6.07) is 0. The number of hydrogen-bond donors (Lipinski definition) is 1. The van der Waals surface area contributed by atoms with Crippen LogP contribution in [0.15, 0.2) is 0 Å². The van der Waals surface area contributed by atoms with Gasteiger partial charge >= 0.3 is 5.97 Å². The average molecular weight is 151 g/mol. The third-order valence-electron chi connectivity index (χ3n) is 1.70. The molecule has 0 saturated heterocycles. The Morgan fingerprint density at radius 3 is 2.00 bits per heavy atom. The minimum absolute atomic E-state index is 0. The summed E-state index contributed by atoms with van der Waals surface area (Å²) < 4.78 is 0. The monoisotopic (exact) mass is 150 g/mol. The van der Waals surface area contributed by atoms with Gasteiger partial charge in [-0.25, -0.2) is 0 Å². The topological polar surface area (TPSA) is 37.3 Å². The van der Waals surface area contributed by atoms with Gasteiger partial charge in [-0.15, -0.1) is 12.4 Å². The molecule has 0 heterocycles. The number of carbonyl (C=O) groups is 1. The molecule has 54 valence electrons. The van der Waals surface area contributed by atoms with E-state index in [0.717, 1.165) is 25.7 Å². The first kappa shape index (κ1) is 8.76. The fourth-order valence-electron chi connectivity index (χ4n) is 1.17. The highest BCUT2D eigenvalue weighted by Gasteiger charge is 2.20. The second-order valence-electron chi connectivity index (χ2n) is 2.32. The Labute approximate surface area is 60.7 Å². The molecule has 9 heavy (non-hydrogen) atoms. The lowest BCUT2D eigenvalue weighted by atomic mass is 10.1. The number of rotatable bonds is 1. The summed E-state index contributed by atoms with van der Waals surface area (Å²) in [6.45, 7) is 0. The van der Waals surface area contributed by atoms with Crippen molar-refractivity contribution >= 4 is 18.4 Å². The van der Waals surface area contributed by atoms with Gasteiger partial charge in [0.2, 0.25) is 0 Å². The highest BCUT2D eigenvalue weighted by Crippen LogP contribution is 2.24. The van der Waals surface area contributed by atoms with E-state index in [2.05, 4.69) is 0 Å². The van der Waals surface area contributed by atoms with Crippen molar-refractivity contribution in [2.45, 2.75) is 25.7 Å².